The minimum absolute atomic E-state index is 0.0163. The third kappa shape index (κ3) is 9.68. The van der Waals surface area contributed by atoms with Gasteiger partial charge in [-0.15, -0.1) is 0 Å². The van der Waals surface area contributed by atoms with Gasteiger partial charge in [0.15, 0.2) is 0 Å². The van der Waals surface area contributed by atoms with Crippen LogP contribution in [0.1, 0.15) is 37.8 Å². The van der Waals surface area contributed by atoms with Crippen molar-refractivity contribution in [2.75, 3.05) is 29.9 Å². The van der Waals surface area contributed by atoms with Gasteiger partial charge in [0, 0.05) is 19.6 Å². The van der Waals surface area contributed by atoms with Crippen LogP contribution in [0.15, 0.2) is 35.3 Å². The third-order valence-electron chi connectivity index (χ3n) is 6.46. The molecule has 0 spiro atoms. The highest BCUT2D eigenvalue weighted by Gasteiger charge is 2.42. The highest BCUT2D eigenvalue weighted by molar-refractivity contribution is 6.34. The lowest BCUT2D eigenvalue weighted by Gasteiger charge is -2.36. The zero-order valence-corrected chi connectivity index (χ0v) is 24.0. The highest BCUT2D eigenvalue weighted by Crippen LogP contribution is 2.39. The Hall–Kier alpha value is -2.70. The molecule has 0 bridgehead atoms. The summed E-state index contributed by atoms with van der Waals surface area (Å²) in [7, 11) is 0. The molecule has 0 aliphatic carbocycles. The smallest absolute Gasteiger partial charge is 0.370 e. The first-order valence-corrected chi connectivity index (χ1v) is 13.5. The van der Waals surface area contributed by atoms with Gasteiger partial charge in [0.05, 0.1) is 33.0 Å². The van der Waals surface area contributed by atoms with Crippen molar-refractivity contribution >= 4 is 52.0 Å². The molecule has 6 nitrogen and oxygen atoms in total. The number of ether oxygens (including phenoxy) is 1. The Bertz CT molecular complexity index is 1270. The van der Waals surface area contributed by atoms with Crippen LogP contribution in [0.3, 0.4) is 0 Å². The van der Waals surface area contributed by atoms with Crippen LogP contribution in [-0.4, -0.2) is 49.9 Å². The molecule has 1 heterocycles. The predicted molar refractivity (Wildman–Crippen MR) is 148 cm³/mol. The highest BCUT2D eigenvalue weighted by atomic mass is 35.5. The van der Waals surface area contributed by atoms with Crippen LogP contribution >= 0.6 is 23.2 Å². The van der Waals surface area contributed by atoms with E-state index in [1.54, 1.807) is 49.1 Å². The number of aliphatic imine (C=N–C) groups is 1. The number of hydrogen-bond acceptors (Lipinski definition) is 4. The Morgan fingerprint density at radius 3 is 2.51 bits per heavy atom. The maximum atomic E-state index is 13.3. The fraction of sp³-hybridized carbons (Fsp3) is 0.481. The molecule has 2 N–H and O–H groups in total. The molecule has 14 heteroatoms. The topological polar surface area (TPSA) is 66.0 Å². The van der Waals surface area contributed by atoms with E-state index in [9.17, 15) is 31.1 Å². The van der Waals surface area contributed by atoms with Gasteiger partial charge in [-0.1, -0.05) is 29.3 Å². The lowest BCUT2D eigenvalue weighted by atomic mass is 9.96. The first-order chi connectivity index (χ1) is 19.0. The van der Waals surface area contributed by atoms with Gasteiger partial charge < -0.3 is 20.3 Å². The van der Waals surface area contributed by atoms with E-state index in [1.165, 1.54) is 6.92 Å². The van der Waals surface area contributed by atoms with Gasteiger partial charge in [0.25, 0.3) is 0 Å². The van der Waals surface area contributed by atoms with Crippen LogP contribution in [0.4, 0.5) is 43.4 Å². The van der Waals surface area contributed by atoms with E-state index in [4.69, 9.17) is 23.2 Å². The zero-order chi connectivity index (χ0) is 30.5. The number of carbonyl (C=O) groups is 1. The Morgan fingerprint density at radius 2 is 1.85 bits per heavy atom. The fourth-order valence-electron chi connectivity index (χ4n) is 4.29. The third-order valence-corrected chi connectivity index (χ3v) is 7.09. The standard InChI is InChI=1S/C27H30Cl2F6N4O2/c1-15-9-24(39-8-4-5-19(13-39)27(33,34)35)21(29)11-22(15)37-17(3)38-23-10-18(6-7-20(23)28)12-36-25(40)16(2)41-14-26(30,31)32/h6-7,9-11,16,19H,4-5,8,12-14H2,1-3H3,(H,36,40)(H,37,38). The number of nitrogens with zero attached hydrogens (tertiary/aromatic N) is 2. The first kappa shape index (κ1) is 32.8. The number of hydrogen-bond donors (Lipinski definition) is 2. The van der Waals surface area contributed by atoms with Crippen molar-refractivity contribution in [2.24, 2.45) is 10.9 Å². The molecule has 2 aromatic carbocycles. The molecule has 0 radical (unpaired) electrons. The lowest BCUT2D eigenvalue weighted by Crippen LogP contribution is -2.41. The molecule has 3 rings (SSSR count). The van der Waals surface area contributed by atoms with Gasteiger partial charge >= 0.3 is 12.4 Å². The average molecular weight is 627 g/mol. The van der Waals surface area contributed by atoms with Gasteiger partial charge in [-0.25, -0.2) is 4.99 Å². The number of nitrogens with one attached hydrogen (secondary N) is 2. The van der Waals surface area contributed by atoms with E-state index in [2.05, 4.69) is 20.4 Å². The van der Waals surface area contributed by atoms with Crippen molar-refractivity contribution in [3.05, 3.63) is 51.5 Å². The monoisotopic (exact) mass is 626 g/mol. The zero-order valence-electron chi connectivity index (χ0n) is 22.5. The normalized spacial score (nSPS) is 17.4. The number of halogens is 8. The van der Waals surface area contributed by atoms with Gasteiger partial charge in [-0.2, -0.15) is 26.3 Å². The van der Waals surface area contributed by atoms with E-state index in [0.717, 1.165) is 0 Å². The molecule has 41 heavy (non-hydrogen) atoms. The van der Waals surface area contributed by atoms with E-state index in [-0.39, 0.29) is 24.5 Å². The van der Waals surface area contributed by atoms with Crippen molar-refractivity contribution in [2.45, 2.75) is 58.6 Å². The summed E-state index contributed by atoms with van der Waals surface area (Å²) in [4.78, 5) is 18.3. The second kappa shape index (κ2) is 13.5. The average Bonchev–Trinajstić information content (AvgIpc) is 2.88. The predicted octanol–water partition coefficient (Wildman–Crippen LogP) is 7.83. The molecule has 1 saturated heterocycles. The number of amides is 1. The summed E-state index contributed by atoms with van der Waals surface area (Å²) in [5.74, 6) is -1.67. The maximum absolute atomic E-state index is 13.3. The molecule has 1 aliphatic rings. The molecule has 1 aliphatic heterocycles. The van der Waals surface area contributed by atoms with Crippen molar-refractivity contribution in [3.8, 4) is 0 Å². The van der Waals surface area contributed by atoms with Gasteiger partial charge in [-0.3, -0.25) is 4.79 Å². The van der Waals surface area contributed by atoms with Crippen molar-refractivity contribution in [1.82, 2.24) is 5.32 Å². The fourth-order valence-corrected chi connectivity index (χ4v) is 4.73. The van der Waals surface area contributed by atoms with E-state index in [0.29, 0.717) is 52.0 Å². The van der Waals surface area contributed by atoms with Crippen LogP contribution in [0, 0.1) is 12.8 Å². The van der Waals surface area contributed by atoms with Gasteiger partial charge in [-0.05, 0) is 69.0 Å². The number of carbonyl (C=O) groups excluding carboxylic acids is 1. The summed E-state index contributed by atoms with van der Waals surface area (Å²) in [6, 6.07) is 8.21. The van der Waals surface area contributed by atoms with Crippen LogP contribution in [0.25, 0.3) is 0 Å². The SMILES string of the molecule is CC(=Nc1cc(Cl)c(N2CCCC(C(F)(F)F)C2)cc1C)Nc1cc(CNC(=O)C(C)OCC(F)(F)F)ccc1Cl. The van der Waals surface area contributed by atoms with E-state index >= 15 is 0 Å². The number of aryl methyl sites for hydroxylation is 1. The maximum Gasteiger partial charge on any atom is 0.411 e. The molecule has 226 valence electrons. The summed E-state index contributed by atoms with van der Waals surface area (Å²) in [6.45, 7) is 3.51. The van der Waals surface area contributed by atoms with E-state index in [1.807, 2.05) is 0 Å². The molecule has 0 saturated carbocycles. The minimum Gasteiger partial charge on any atom is -0.370 e. The summed E-state index contributed by atoms with van der Waals surface area (Å²) in [5, 5.41) is 6.23. The summed E-state index contributed by atoms with van der Waals surface area (Å²) >= 11 is 12.8. The first-order valence-electron chi connectivity index (χ1n) is 12.7. The minimum atomic E-state index is -4.54. The number of amidine groups is 1. The number of piperidine rings is 1. The van der Waals surface area contributed by atoms with E-state index < -0.39 is 36.9 Å². The molecular formula is C27H30Cl2F6N4O2. The molecular weight excluding hydrogens is 597 g/mol. The summed E-state index contributed by atoms with van der Waals surface area (Å²) < 4.78 is 81.3. The summed E-state index contributed by atoms with van der Waals surface area (Å²) in [5.41, 5.74) is 2.83. The molecule has 1 fully saturated rings. The quantitative estimate of drug-likeness (QED) is 0.178. The van der Waals surface area contributed by atoms with Crippen LogP contribution in [0.5, 0.6) is 0 Å². The molecule has 2 atom stereocenters. The molecule has 2 aromatic rings. The second-order valence-electron chi connectivity index (χ2n) is 9.84. The number of alkyl halides is 6. The van der Waals surface area contributed by atoms with Crippen LogP contribution < -0.4 is 15.5 Å². The number of anilines is 2. The second-order valence-corrected chi connectivity index (χ2v) is 10.7. The van der Waals surface area contributed by atoms with Gasteiger partial charge in [0.2, 0.25) is 5.91 Å². The van der Waals surface area contributed by atoms with Gasteiger partial charge in [0.1, 0.15) is 18.5 Å². The van der Waals surface area contributed by atoms with Crippen LogP contribution in [0.2, 0.25) is 10.0 Å². The Labute approximate surface area is 244 Å². The largest absolute Gasteiger partial charge is 0.411 e. The number of rotatable bonds is 8. The Morgan fingerprint density at radius 1 is 1.15 bits per heavy atom. The van der Waals surface area contributed by atoms with Crippen molar-refractivity contribution < 1.29 is 35.9 Å². The lowest BCUT2D eigenvalue weighted by molar-refractivity contribution is -0.185. The van der Waals surface area contributed by atoms with Crippen LogP contribution in [-0.2, 0) is 16.1 Å². The van der Waals surface area contributed by atoms with Crippen molar-refractivity contribution in [3.63, 3.8) is 0 Å². The molecule has 0 aromatic heterocycles. The Balaban J connectivity index is 1.67. The Kier molecular flexibility index (Phi) is 10.8. The molecule has 1 amide bonds. The number of benzene rings is 2. The molecule has 2 unspecified atom stereocenters. The van der Waals surface area contributed by atoms with Crippen molar-refractivity contribution in [1.29, 1.82) is 0 Å². The summed E-state index contributed by atoms with van der Waals surface area (Å²) in [6.07, 6.45) is -9.59.